The first kappa shape index (κ1) is 37.6. The second-order valence-corrected chi connectivity index (χ2v) is 22.0. The summed E-state index contributed by atoms with van der Waals surface area (Å²) in [4.78, 5) is 16.6. The highest BCUT2D eigenvalue weighted by Gasteiger charge is 2.52. The van der Waals surface area contributed by atoms with Gasteiger partial charge in [-0.15, -0.1) is 5.54 Å². The molecule has 53 heavy (non-hydrogen) atoms. The minimum Gasteiger partial charge on any atom is -0.504 e. The molecule has 0 amide bonds. The van der Waals surface area contributed by atoms with Crippen LogP contribution in [0.15, 0.2) is 30.5 Å². The molecule has 3 fully saturated rings. The van der Waals surface area contributed by atoms with E-state index in [-0.39, 0.29) is 63.6 Å². The standard InChI is InChI=1S/C41H52F3N5O3Si/c1-23(2)53(24(3)4,25(5)6)15-13-41(35-18-31-28(20-46-35)37(27-16-33(27)51-8)48-39(45-7)47-31)29-10-11-32(50)38(36(29)30(43)17-34(41)44)52-22-40-12-9-14-49(40)21-26(42)19-40/h10-11,17-18,20,23-27,33-34,50H,9,12,14,16,19,21-22H2,1-8H3,(H,45,47,48)/t26-,27+,33-,34?,40+,41?/m1/s1. The monoisotopic (exact) mass is 747 g/mol. The third kappa shape index (κ3) is 6.02. The summed E-state index contributed by atoms with van der Waals surface area (Å²) >= 11 is 0. The van der Waals surface area contributed by atoms with Crippen LogP contribution in [0.4, 0.5) is 19.1 Å². The Hall–Kier alpha value is -3.66. The minimum atomic E-state index is -2.48. The first-order chi connectivity index (χ1) is 25.2. The summed E-state index contributed by atoms with van der Waals surface area (Å²) in [5, 5.41) is 15.1. The molecule has 2 unspecified atom stereocenters. The Morgan fingerprint density at radius 3 is 2.51 bits per heavy atom. The Labute approximate surface area is 312 Å². The lowest BCUT2D eigenvalue weighted by Crippen LogP contribution is -2.45. The fourth-order valence-corrected chi connectivity index (χ4v) is 15.2. The molecular weight excluding hydrogens is 696 g/mol. The van der Waals surface area contributed by atoms with Crippen LogP contribution in [0.25, 0.3) is 16.7 Å². The topological polar surface area (TPSA) is 92.6 Å². The van der Waals surface area contributed by atoms with Crippen LogP contribution in [0.3, 0.4) is 0 Å². The number of anilines is 1. The molecule has 3 aromatic rings. The van der Waals surface area contributed by atoms with Gasteiger partial charge in [0.05, 0.1) is 34.1 Å². The summed E-state index contributed by atoms with van der Waals surface area (Å²) in [7, 11) is 0.949. The molecule has 8 nitrogen and oxygen atoms in total. The van der Waals surface area contributed by atoms with Gasteiger partial charge in [-0.1, -0.05) is 53.5 Å². The molecule has 12 heteroatoms. The molecule has 1 saturated carbocycles. The number of ether oxygens (including phenoxy) is 2. The number of phenolic OH excluding ortho intramolecular Hbond substituents is 1. The molecule has 0 radical (unpaired) electrons. The molecule has 7 rings (SSSR count). The number of allylic oxidation sites excluding steroid dienone is 1. The lowest BCUT2D eigenvalue weighted by molar-refractivity contribution is 0.111. The molecule has 6 atom stereocenters. The predicted molar refractivity (Wildman–Crippen MR) is 205 cm³/mol. The third-order valence-electron chi connectivity index (χ3n) is 12.7. The van der Waals surface area contributed by atoms with Crippen molar-refractivity contribution >= 4 is 30.8 Å². The molecule has 1 aromatic carbocycles. The van der Waals surface area contributed by atoms with Gasteiger partial charge in [-0.3, -0.25) is 9.88 Å². The van der Waals surface area contributed by atoms with Crippen LogP contribution in [0.2, 0.25) is 16.6 Å². The fourth-order valence-electron chi connectivity index (χ4n) is 9.92. The summed E-state index contributed by atoms with van der Waals surface area (Å²) in [6.07, 6.45) is 2.48. The average Bonchev–Trinajstić information content (AvgIpc) is 3.71. The van der Waals surface area contributed by atoms with Gasteiger partial charge >= 0.3 is 0 Å². The van der Waals surface area contributed by atoms with Gasteiger partial charge in [0.1, 0.15) is 38.3 Å². The van der Waals surface area contributed by atoms with Gasteiger partial charge in [0.25, 0.3) is 0 Å². The first-order valence-electron chi connectivity index (χ1n) is 19.1. The van der Waals surface area contributed by atoms with Gasteiger partial charge in [-0.05, 0) is 66.2 Å². The number of halogens is 3. The number of nitrogens with zero attached hydrogens (tertiary/aromatic N) is 4. The van der Waals surface area contributed by atoms with E-state index in [0.717, 1.165) is 43.0 Å². The summed E-state index contributed by atoms with van der Waals surface area (Å²) < 4.78 is 60.5. The zero-order valence-electron chi connectivity index (χ0n) is 32.1. The summed E-state index contributed by atoms with van der Waals surface area (Å²) in [6, 6.07) is 4.72. The number of fused-ring (bicyclic) bond motifs is 3. The number of pyridine rings is 1. The number of phenols is 1. The van der Waals surface area contributed by atoms with E-state index >= 15 is 8.78 Å². The lowest BCUT2D eigenvalue weighted by Gasteiger charge is -2.40. The van der Waals surface area contributed by atoms with Gasteiger partial charge in [0.15, 0.2) is 11.5 Å². The van der Waals surface area contributed by atoms with Crippen molar-refractivity contribution in [2.75, 3.05) is 39.2 Å². The number of benzene rings is 1. The summed E-state index contributed by atoms with van der Waals surface area (Å²) in [6.45, 7) is 14.3. The van der Waals surface area contributed by atoms with Crippen molar-refractivity contribution in [2.24, 2.45) is 0 Å². The molecule has 0 bridgehead atoms. The number of aromatic hydroxyl groups is 1. The maximum atomic E-state index is 17.4. The number of hydrogen-bond donors (Lipinski definition) is 2. The van der Waals surface area contributed by atoms with Crippen molar-refractivity contribution in [1.82, 2.24) is 19.9 Å². The Bertz CT molecular complexity index is 1980. The number of methoxy groups -OCH3 is 1. The SMILES string of the molecule is CNc1nc([C@H]2C[C@H]2OC)c2cnc(C3(C#C[Si](C(C)C)(C(C)C)C(C)C)c4ccc(O)c(OC[C@@]56CCCN5C[C@H](F)C6)c4C(F)=CC3F)cc2n1. The molecule has 0 spiro atoms. The molecule has 2 aliphatic heterocycles. The fraction of sp³-hybridized carbons (Fsp3) is 0.585. The van der Waals surface area contributed by atoms with Crippen LogP contribution in [0.5, 0.6) is 11.5 Å². The molecule has 2 N–H and O–H groups in total. The van der Waals surface area contributed by atoms with Gasteiger partial charge < -0.3 is 19.9 Å². The van der Waals surface area contributed by atoms with E-state index in [1.54, 1.807) is 32.5 Å². The third-order valence-corrected chi connectivity index (χ3v) is 19.0. The van der Waals surface area contributed by atoms with E-state index in [0.29, 0.717) is 24.4 Å². The zero-order valence-corrected chi connectivity index (χ0v) is 33.1. The Balaban J connectivity index is 1.46. The van der Waals surface area contributed by atoms with Crippen LogP contribution in [0.1, 0.15) is 95.7 Å². The first-order valence-corrected chi connectivity index (χ1v) is 21.3. The van der Waals surface area contributed by atoms with Gasteiger partial charge in [0.2, 0.25) is 5.95 Å². The number of nitrogens with one attached hydrogen (secondary N) is 1. The normalized spacial score (nSPS) is 28.2. The van der Waals surface area contributed by atoms with Crippen LogP contribution in [-0.4, -0.2) is 90.9 Å². The van der Waals surface area contributed by atoms with E-state index in [4.69, 9.17) is 24.4 Å². The molecule has 4 heterocycles. The van der Waals surface area contributed by atoms with E-state index in [2.05, 4.69) is 63.2 Å². The van der Waals surface area contributed by atoms with Crippen LogP contribution in [-0.2, 0) is 10.2 Å². The Kier molecular flexibility index (Phi) is 9.86. The lowest BCUT2D eigenvalue weighted by atomic mass is 9.69. The van der Waals surface area contributed by atoms with Gasteiger partial charge in [0, 0.05) is 44.6 Å². The second-order valence-electron chi connectivity index (χ2n) is 16.5. The van der Waals surface area contributed by atoms with Crippen molar-refractivity contribution in [3.63, 3.8) is 0 Å². The highest BCUT2D eigenvalue weighted by molar-refractivity contribution is 6.90. The number of hydrogen-bond acceptors (Lipinski definition) is 8. The molecule has 2 aliphatic carbocycles. The maximum Gasteiger partial charge on any atom is 0.223 e. The smallest absolute Gasteiger partial charge is 0.223 e. The minimum absolute atomic E-state index is 0.0337. The van der Waals surface area contributed by atoms with Crippen LogP contribution < -0.4 is 10.1 Å². The number of alkyl halides is 2. The molecule has 4 aliphatic rings. The van der Waals surface area contributed by atoms with Crippen molar-refractivity contribution in [2.45, 2.75) is 119 Å². The summed E-state index contributed by atoms with van der Waals surface area (Å²) in [5.41, 5.74) is 3.91. The van der Waals surface area contributed by atoms with Crippen LogP contribution in [0, 0.1) is 11.5 Å². The number of aromatic nitrogens is 3. The van der Waals surface area contributed by atoms with Crippen molar-refractivity contribution in [3.8, 4) is 23.0 Å². The average molecular weight is 748 g/mol. The van der Waals surface area contributed by atoms with E-state index in [1.807, 2.05) is 0 Å². The zero-order chi connectivity index (χ0) is 38.0. The van der Waals surface area contributed by atoms with E-state index in [1.165, 1.54) is 6.07 Å². The van der Waals surface area contributed by atoms with Crippen molar-refractivity contribution in [3.05, 3.63) is 53.0 Å². The maximum absolute atomic E-state index is 17.4. The van der Waals surface area contributed by atoms with E-state index in [9.17, 15) is 9.50 Å². The van der Waals surface area contributed by atoms with Crippen molar-refractivity contribution in [1.29, 1.82) is 0 Å². The highest BCUT2D eigenvalue weighted by atomic mass is 28.3. The largest absolute Gasteiger partial charge is 0.504 e. The molecule has 2 saturated heterocycles. The van der Waals surface area contributed by atoms with E-state index < -0.39 is 37.2 Å². The predicted octanol–water partition coefficient (Wildman–Crippen LogP) is 8.40. The Morgan fingerprint density at radius 1 is 1.11 bits per heavy atom. The molecular formula is C41H52F3N5O3Si. The Morgan fingerprint density at radius 2 is 1.85 bits per heavy atom. The quantitative estimate of drug-likeness (QED) is 0.158. The number of rotatable bonds is 10. The second kappa shape index (κ2) is 13.9. The van der Waals surface area contributed by atoms with Crippen LogP contribution >= 0.6 is 0 Å². The van der Waals surface area contributed by atoms with Gasteiger partial charge in [-0.25, -0.2) is 23.1 Å². The molecule has 2 aromatic heterocycles. The summed E-state index contributed by atoms with van der Waals surface area (Å²) in [5.74, 6) is 2.75. The highest BCUT2D eigenvalue weighted by Crippen LogP contribution is 2.53. The van der Waals surface area contributed by atoms with Gasteiger partial charge in [-0.2, -0.15) is 0 Å². The van der Waals surface area contributed by atoms with Crippen molar-refractivity contribution < 1.29 is 27.8 Å². The molecule has 284 valence electrons.